The second-order valence-electron chi connectivity index (χ2n) is 3.22. The van der Waals surface area contributed by atoms with Crippen molar-refractivity contribution in [2.45, 2.75) is 0 Å². The summed E-state index contributed by atoms with van der Waals surface area (Å²) in [6.07, 6.45) is 1.54. The quantitative estimate of drug-likeness (QED) is 0.727. The molecule has 2 aromatic rings. The van der Waals surface area contributed by atoms with Crippen LogP contribution in [0, 0.1) is 11.6 Å². The predicted octanol–water partition coefficient (Wildman–Crippen LogP) is 2.84. The minimum Gasteiger partial charge on any atom is -0.298 e. The van der Waals surface area contributed by atoms with Crippen LogP contribution in [0.5, 0.6) is 0 Å². The van der Waals surface area contributed by atoms with Crippen LogP contribution in [0.2, 0.25) is 0 Å². The van der Waals surface area contributed by atoms with E-state index in [9.17, 15) is 13.6 Å². The van der Waals surface area contributed by atoms with Crippen LogP contribution in [-0.4, -0.2) is 11.3 Å². The van der Waals surface area contributed by atoms with E-state index in [2.05, 4.69) is 4.98 Å². The molecular formula is C12H7F2NO. The fourth-order valence-electron chi connectivity index (χ4n) is 1.39. The number of carbonyl (C=O) groups is 1. The Morgan fingerprint density at radius 1 is 1.06 bits per heavy atom. The highest BCUT2D eigenvalue weighted by Gasteiger charge is 2.07. The zero-order chi connectivity index (χ0) is 11.5. The number of benzene rings is 1. The van der Waals surface area contributed by atoms with Crippen LogP contribution in [-0.2, 0) is 0 Å². The Bertz CT molecular complexity index is 523. The molecule has 0 bridgehead atoms. The van der Waals surface area contributed by atoms with Crippen LogP contribution in [0.1, 0.15) is 10.4 Å². The Balaban J connectivity index is 2.55. The van der Waals surface area contributed by atoms with E-state index in [-0.39, 0.29) is 11.4 Å². The van der Waals surface area contributed by atoms with Gasteiger partial charge in [-0.2, -0.15) is 0 Å². The summed E-state index contributed by atoms with van der Waals surface area (Å²) in [4.78, 5) is 14.6. The van der Waals surface area contributed by atoms with Crippen LogP contribution in [0.3, 0.4) is 0 Å². The summed E-state index contributed by atoms with van der Waals surface area (Å²) in [6, 6.07) is 6.59. The Kier molecular flexibility index (Phi) is 2.72. The van der Waals surface area contributed by atoms with Gasteiger partial charge in [0.15, 0.2) is 6.29 Å². The second-order valence-corrected chi connectivity index (χ2v) is 3.22. The molecular weight excluding hydrogens is 212 g/mol. The van der Waals surface area contributed by atoms with Gasteiger partial charge in [-0.3, -0.25) is 9.78 Å². The number of nitrogens with zero attached hydrogens (tertiary/aromatic N) is 1. The first-order chi connectivity index (χ1) is 7.70. The maximum atomic E-state index is 12.8. The number of aromatic nitrogens is 1. The number of pyridine rings is 1. The summed E-state index contributed by atoms with van der Waals surface area (Å²) in [7, 11) is 0. The number of carbonyl (C=O) groups excluding carboxylic acids is 1. The molecule has 0 N–H and O–H groups in total. The average molecular weight is 219 g/mol. The molecule has 0 radical (unpaired) electrons. The number of hydrogen-bond donors (Lipinski definition) is 0. The zero-order valence-corrected chi connectivity index (χ0v) is 8.15. The Labute approximate surface area is 90.6 Å². The Morgan fingerprint density at radius 3 is 2.38 bits per heavy atom. The lowest BCUT2D eigenvalue weighted by atomic mass is 10.1. The van der Waals surface area contributed by atoms with Gasteiger partial charge in [0.2, 0.25) is 0 Å². The summed E-state index contributed by atoms with van der Waals surface area (Å²) >= 11 is 0. The van der Waals surface area contributed by atoms with Gasteiger partial charge in [0.25, 0.3) is 0 Å². The topological polar surface area (TPSA) is 30.0 Å². The molecule has 2 rings (SSSR count). The molecule has 0 amide bonds. The maximum absolute atomic E-state index is 12.8. The molecule has 0 saturated carbocycles. The highest BCUT2D eigenvalue weighted by Crippen LogP contribution is 2.20. The van der Waals surface area contributed by atoms with Crippen molar-refractivity contribution in [2.75, 3.05) is 0 Å². The fourth-order valence-corrected chi connectivity index (χ4v) is 1.39. The summed E-state index contributed by atoms with van der Waals surface area (Å²) in [6.45, 7) is 0. The van der Waals surface area contributed by atoms with Crippen molar-refractivity contribution in [1.82, 2.24) is 4.98 Å². The van der Waals surface area contributed by atoms with E-state index in [1.54, 1.807) is 0 Å². The van der Waals surface area contributed by atoms with Crippen molar-refractivity contribution in [3.8, 4) is 11.3 Å². The van der Waals surface area contributed by atoms with Crippen molar-refractivity contribution in [3.63, 3.8) is 0 Å². The van der Waals surface area contributed by atoms with E-state index >= 15 is 0 Å². The molecule has 1 heterocycles. The lowest BCUT2D eigenvalue weighted by molar-refractivity contribution is 0.112. The molecule has 1 aromatic carbocycles. The summed E-state index contributed by atoms with van der Waals surface area (Å²) < 4.78 is 25.5. The molecule has 1 aromatic heterocycles. The van der Waals surface area contributed by atoms with E-state index in [1.165, 1.54) is 24.3 Å². The van der Waals surface area contributed by atoms with Crippen LogP contribution < -0.4 is 0 Å². The van der Waals surface area contributed by atoms with Gasteiger partial charge in [-0.15, -0.1) is 0 Å². The molecule has 0 fully saturated rings. The van der Waals surface area contributed by atoms with Crippen molar-refractivity contribution in [2.24, 2.45) is 0 Å². The number of rotatable bonds is 2. The van der Waals surface area contributed by atoms with Gasteiger partial charge in [0.05, 0.1) is 11.9 Å². The largest absolute Gasteiger partial charge is 0.298 e. The van der Waals surface area contributed by atoms with Crippen molar-refractivity contribution in [3.05, 3.63) is 53.7 Å². The normalized spacial score (nSPS) is 10.1. The van der Waals surface area contributed by atoms with Crippen LogP contribution in [0.15, 0.2) is 36.5 Å². The van der Waals surface area contributed by atoms with Crippen LogP contribution in [0.25, 0.3) is 11.3 Å². The number of halogens is 2. The highest BCUT2D eigenvalue weighted by molar-refractivity contribution is 5.85. The van der Waals surface area contributed by atoms with Gasteiger partial charge in [-0.1, -0.05) is 0 Å². The Morgan fingerprint density at radius 2 is 1.75 bits per heavy atom. The first-order valence-electron chi connectivity index (χ1n) is 4.57. The average Bonchev–Trinajstić information content (AvgIpc) is 2.30. The first-order valence-corrected chi connectivity index (χ1v) is 4.57. The van der Waals surface area contributed by atoms with E-state index in [4.69, 9.17) is 0 Å². The molecule has 80 valence electrons. The van der Waals surface area contributed by atoms with Crippen LogP contribution >= 0.6 is 0 Å². The van der Waals surface area contributed by atoms with Crippen molar-refractivity contribution >= 4 is 6.29 Å². The molecule has 0 atom stereocenters. The van der Waals surface area contributed by atoms with E-state index < -0.39 is 5.82 Å². The fraction of sp³-hybridized carbons (Fsp3) is 0. The van der Waals surface area contributed by atoms with Gasteiger partial charge >= 0.3 is 0 Å². The zero-order valence-electron chi connectivity index (χ0n) is 8.15. The maximum Gasteiger partial charge on any atom is 0.152 e. The summed E-state index contributed by atoms with van der Waals surface area (Å²) in [5, 5.41) is 0. The predicted molar refractivity (Wildman–Crippen MR) is 55.0 cm³/mol. The third-order valence-electron chi connectivity index (χ3n) is 2.13. The molecule has 0 unspecified atom stereocenters. The second kappa shape index (κ2) is 4.18. The number of hydrogen-bond acceptors (Lipinski definition) is 2. The molecule has 0 aliphatic carbocycles. The van der Waals surface area contributed by atoms with Crippen molar-refractivity contribution in [1.29, 1.82) is 0 Å². The van der Waals surface area contributed by atoms with Gasteiger partial charge < -0.3 is 0 Å². The van der Waals surface area contributed by atoms with Gasteiger partial charge in [-0.05, 0) is 30.3 Å². The molecule has 4 heteroatoms. The van der Waals surface area contributed by atoms with Gasteiger partial charge in [0.1, 0.15) is 11.6 Å². The third kappa shape index (κ3) is 1.95. The van der Waals surface area contributed by atoms with E-state index in [1.807, 2.05) is 0 Å². The summed E-state index contributed by atoms with van der Waals surface area (Å²) in [5.41, 5.74) is 1.06. The monoisotopic (exact) mass is 219 g/mol. The van der Waals surface area contributed by atoms with Crippen molar-refractivity contribution < 1.29 is 13.6 Å². The minimum atomic E-state index is -0.576. The SMILES string of the molecule is O=Cc1cc(F)cnc1-c1ccc(F)cc1. The standard InChI is InChI=1S/C12H7F2NO/c13-10-3-1-8(2-4-10)12-9(7-16)5-11(14)6-15-12/h1-7H. The molecule has 0 aliphatic heterocycles. The highest BCUT2D eigenvalue weighted by atomic mass is 19.1. The Hall–Kier alpha value is -2.10. The van der Waals surface area contributed by atoms with E-state index in [0.717, 1.165) is 12.3 Å². The minimum absolute atomic E-state index is 0.145. The molecule has 2 nitrogen and oxygen atoms in total. The third-order valence-corrected chi connectivity index (χ3v) is 2.13. The smallest absolute Gasteiger partial charge is 0.152 e. The van der Waals surface area contributed by atoms with Crippen LogP contribution in [0.4, 0.5) is 8.78 Å². The van der Waals surface area contributed by atoms with E-state index in [0.29, 0.717) is 17.5 Å². The van der Waals surface area contributed by atoms with Gasteiger partial charge in [0, 0.05) is 11.1 Å². The summed E-state index contributed by atoms with van der Waals surface area (Å²) in [5.74, 6) is -0.952. The molecule has 0 aliphatic rings. The molecule has 16 heavy (non-hydrogen) atoms. The lowest BCUT2D eigenvalue weighted by Crippen LogP contribution is -1.93. The van der Waals surface area contributed by atoms with Gasteiger partial charge in [-0.25, -0.2) is 8.78 Å². The number of aldehydes is 1. The lowest BCUT2D eigenvalue weighted by Gasteiger charge is -2.03. The first kappa shape index (κ1) is 10.4. The molecule has 0 spiro atoms. The molecule has 0 saturated heterocycles.